The van der Waals surface area contributed by atoms with Crippen LogP contribution in [-0.2, 0) is 0 Å². The Morgan fingerprint density at radius 1 is 0.389 bits per heavy atom. The van der Waals surface area contributed by atoms with E-state index in [9.17, 15) is 0 Å². The first kappa shape index (κ1) is 19.5. The third-order valence-corrected chi connectivity index (χ3v) is 7.36. The fourth-order valence-corrected chi connectivity index (χ4v) is 5.73. The summed E-state index contributed by atoms with van der Waals surface area (Å²) in [7, 11) is 0. The van der Waals surface area contributed by atoms with E-state index in [1.54, 1.807) is 0 Å². The van der Waals surface area contributed by atoms with Gasteiger partial charge in [-0.05, 0) is 68.0 Å². The summed E-state index contributed by atoms with van der Waals surface area (Å²) in [6, 6.07) is 43.0. The summed E-state index contributed by atoms with van der Waals surface area (Å²) in [6.45, 7) is 0. The van der Waals surface area contributed by atoms with E-state index in [0.29, 0.717) is 0 Å². The minimum absolute atomic E-state index is 0.888. The SMILES string of the molecule is c1cc(-c2cc3ccc4cccc5ccc(c2)c3c45)nc(-c2nc3ccccc3c3ccccc23)c1. The predicted octanol–water partition coefficient (Wildman–Crippen LogP) is 9.01. The standard InChI is InChI=1S/C34H20N2/c1-2-11-28-26(9-1)27-10-3-4-12-30(27)36-34(28)31-14-6-13-29(35-31)25-19-23-17-15-21-7-5-8-22-16-18-24(20-25)33(23)32(21)22/h1-20H. The van der Waals surface area contributed by atoms with E-state index in [2.05, 4.69) is 115 Å². The molecular weight excluding hydrogens is 436 g/mol. The molecular formula is C34H20N2. The number of nitrogens with zero attached hydrogens (tertiary/aromatic N) is 2. The number of para-hydroxylation sites is 1. The molecule has 2 heterocycles. The lowest BCUT2D eigenvalue weighted by molar-refractivity contribution is 1.29. The molecule has 0 bridgehead atoms. The summed E-state index contributed by atoms with van der Waals surface area (Å²) < 4.78 is 0. The average Bonchev–Trinajstić information content (AvgIpc) is 2.95. The van der Waals surface area contributed by atoms with Crippen molar-refractivity contribution >= 4 is 54.0 Å². The Hall–Kier alpha value is -4.82. The highest BCUT2D eigenvalue weighted by molar-refractivity contribution is 6.23. The largest absolute Gasteiger partial charge is 0.246 e. The van der Waals surface area contributed by atoms with E-state index in [1.165, 1.54) is 43.1 Å². The van der Waals surface area contributed by atoms with Gasteiger partial charge in [0.2, 0.25) is 0 Å². The summed E-state index contributed by atoms with van der Waals surface area (Å²) in [5.74, 6) is 0. The van der Waals surface area contributed by atoms with Crippen LogP contribution in [0.1, 0.15) is 0 Å². The lowest BCUT2D eigenvalue weighted by Crippen LogP contribution is -1.94. The molecule has 0 N–H and O–H groups in total. The Morgan fingerprint density at radius 2 is 0.972 bits per heavy atom. The van der Waals surface area contributed by atoms with Gasteiger partial charge in [0.15, 0.2) is 0 Å². The van der Waals surface area contributed by atoms with E-state index in [1.807, 2.05) is 6.07 Å². The number of hydrogen-bond acceptors (Lipinski definition) is 2. The zero-order valence-corrected chi connectivity index (χ0v) is 19.4. The van der Waals surface area contributed by atoms with Gasteiger partial charge in [0.05, 0.1) is 22.6 Å². The molecule has 36 heavy (non-hydrogen) atoms. The number of hydrogen-bond donors (Lipinski definition) is 0. The molecule has 166 valence electrons. The van der Waals surface area contributed by atoms with Crippen LogP contribution in [0.3, 0.4) is 0 Å². The molecule has 0 radical (unpaired) electrons. The second kappa shape index (κ2) is 7.34. The first-order valence-electron chi connectivity index (χ1n) is 12.3. The third-order valence-electron chi connectivity index (χ3n) is 7.36. The van der Waals surface area contributed by atoms with Crippen molar-refractivity contribution in [3.8, 4) is 22.6 Å². The first-order chi connectivity index (χ1) is 17.8. The van der Waals surface area contributed by atoms with Crippen molar-refractivity contribution in [3.05, 3.63) is 121 Å². The van der Waals surface area contributed by atoms with Gasteiger partial charge in [-0.15, -0.1) is 0 Å². The average molecular weight is 457 g/mol. The lowest BCUT2D eigenvalue weighted by atomic mass is 9.92. The van der Waals surface area contributed by atoms with Crippen LogP contribution in [0.4, 0.5) is 0 Å². The van der Waals surface area contributed by atoms with E-state index in [4.69, 9.17) is 9.97 Å². The van der Waals surface area contributed by atoms with Gasteiger partial charge >= 0.3 is 0 Å². The van der Waals surface area contributed by atoms with Gasteiger partial charge < -0.3 is 0 Å². The molecule has 0 amide bonds. The Bertz CT molecular complexity index is 2040. The van der Waals surface area contributed by atoms with Crippen LogP contribution in [-0.4, -0.2) is 9.97 Å². The van der Waals surface area contributed by atoms with Gasteiger partial charge in [-0.1, -0.05) is 91.0 Å². The number of fused-ring (bicyclic) bond motifs is 3. The van der Waals surface area contributed by atoms with Gasteiger partial charge in [0.1, 0.15) is 0 Å². The van der Waals surface area contributed by atoms with Crippen LogP contribution in [0, 0.1) is 0 Å². The maximum absolute atomic E-state index is 5.14. The summed E-state index contributed by atoms with van der Waals surface area (Å²) >= 11 is 0. The molecule has 6 aromatic carbocycles. The summed E-state index contributed by atoms with van der Waals surface area (Å²) in [4.78, 5) is 10.2. The maximum atomic E-state index is 5.14. The van der Waals surface area contributed by atoms with Crippen molar-refractivity contribution in [1.82, 2.24) is 9.97 Å². The highest BCUT2D eigenvalue weighted by Gasteiger charge is 2.14. The molecule has 0 aliphatic heterocycles. The van der Waals surface area contributed by atoms with Crippen LogP contribution in [0.5, 0.6) is 0 Å². The van der Waals surface area contributed by atoms with Crippen molar-refractivity contribution in [3.63, 3.8) is 0 Å². The molecule has 0 fully saturated rings. The fraction of sp³-hybridized carbons (Fsp3) is 0. The molecule has 8 aromatic rings. The molecule has 0 saturated heterocycles. The third kappa shape index (κ3) is 2.79. The molecule has 0 unspecified atom stereocenters. The van der Waals surface area contributed by atoms with Crippen molar-refractivity contribution in [2.45, 2.75) is 0 Å². The predicted molar refractivity (Wildman–Crippen MR) is 152 cm³/mol. The number of aromatic nitrogens is 2. The zero-order valence-electron chi connectivity index (χ0n) is 19.4. The van der Waals surface area contributed by atoms with Gasteiger partial charge in [0, 0.05) is 16.3 Å². The molecule has 0 saturated carbocycles. The van der Waals surface area contributed by atoms with Crippen LogP contribution >= 0.6 is 0 Å². The number of pyridine rings is 2. The molecule has 0 spiro atoms. The quantitative estimate of drug-likeness (QED) is 0.243. The molecule has 8 rings (SSSR count). The molecule has 0 atom stereocenters. The Kier molecular flexibility index (Phi) is 3.97. The number of rotatable bonds is 2. The van der Waals surface area contributed by atoms with Crippen molar-refractivity contribution in [2.75, 3.05) is 0 Å². The fourth-order valence-electron chi connectivity index (χ4n) is 5.73. The highest BCUT2D eigenvalue weighted by Crippen LogP contribution is 2.38. The second-order valence-electron chi connectivity index (χ2n) is 9.44. The van der Waals surface area contributed by atoms with E-state index in [0.717, 1.165) is 33.5 Å². The monoisotopic (exact) mass is 456 g/mol. The van der Waals surface area contributed by atoms with Crippen LogP contribution in [0.15, 0.2) is 121 Å². The molecule has 2 heteroatoms. The van der Waals surface area contributed by atoms with Gasteiger partial charge in [0.25, 0.3) is 0 Å². The van der Waals surface area contributed by atoms with Crippen molar-refractivity contribution < 1.29 is 0 Å². The normalized spacial score (nSPS) is 11.9. The van der Waals surface area contributed by atoms with Gasteiger partial charge in [-0.2, -0.15) is 0 Å². The smallest absolute Gasteiger partial charge is 0.0972 e. The Balaban J connectivity index is 1.36. The van der Waals surface area contributed by atoms with E-state index >= 15 is 0 Å². The van der Waals surface area contributed by atoms with Crippen LogP contribution in [0.25, 0.3) is 76.6 Å². The Morgan fingerprint density at radius 3 is 1.75 bits per heavy atom. The minimum atomic E-state index is 0.888. The van der Waals surface area contributed by atoms with E-state index < -0.39 is 0 Å². The first-order valence-corrected chi connectivity index (χ1v) is 12.3. The lowest BCUT2D eigenvalue weighted by Gasteiger charge is -2.13. The Labute approximate surface area is 207 Å². The summed E-state index contributed by atoms with van der Waals surface area (Å²) in [6.07, 6.45) is 0. The maximum Gasteiger partial charge on any atom is 0.0972 e. The number of benzene rings is 6. The second-order valence-corrected chi connectivity index (χ2v) is 9.44. The van der Waals surface area contributed by atoms with Gasteiger partial charge in [-0.25, -0.2) is 9.97 Å². The summed E-state index contributed by atoms with van der Waals surface area (Å²) in [5.41, 5.74) is 4.87. The molecule has 0 aliphatic carbocycles. The van der Waals surface area contributed by atoms with Crippen molar-refractivity contribution in [1.29, 1.82) is 0 Å². The van der Waals surface area contributed by atoms with Crippen LogP contribution in [0.2, 0.25) is 0 Å². The minimum Gasteiger partial charge on any atom is -0.246 e. The molecule has 2 nitrogen and oxygen atoms in total. The molecule has 2 aromatic heterocycles. The summed E-state index contributed by atoms with van der Waals surface area (Å²) in [5, 5.41) is 11.2. The van der Waals surface area contributed by atoms with Crippen LogP contribution < -0.4 is 0 Å². The zero-order chi connectivity index (χ0) is 23.6. The van der Waals surface area contributed by atoms with E-state index in [-0.39, 0.29) is 0 Å². The van der Waals surface area contributed by atoms with Gasteiger partial charge in [-0.3, -0.25) is 0 Å². The highest BCUT2D eigenvalue weighted by atomic mass is 14.8. The molecule has 0 aliphatic rings. The topological polar surface area (TPSA) is 25.8 Å². The van der Waals surface area contributed by atoms with Crippen molar-refractivity contribution in [2.24, 2.45) is 0 Å².